The van der Waals surface area contributed by atoms with E-state index < -0.39 is 28.3 Å². The zero-order valence-corrected chi connectivity index (χ0v) is 15.6. The fraction of sp³-hybridized carbons (Fsp3) is 0.263. The number of carbonyl (C=O) groups is 2. The number of nitrogens with zero attached hydrogens (tertiary/aromatic N) is 2. The van der Waals surface area contributed by atoms with Crippen LogP contribution in [0.4, 0.5) is 10.1 Å². The number of halogens is 1. The Balaban J connectivity index is 2.04. The van der Waals surface area contributed by atoms with Crippen LogP contribution in [0, 0.1) is 22.9 Å². The molecule has 9 heteroatoms. The van der Waals surface area contributed by atoms with Gasteiger partial charge in [0.15, 0.2) is 17.3 Å². The maximum Gasteiger partial charge on any atom is 0.272 e. The second-order valence-corrected chi connectivity index (χ2v) is 6.32. The summed E-state index contributed by atoms with van der Waals surface area (Å²) >= 11 is 0. The lowest BCUT2D eigenvalue weighted by Gasteiger charge is -2.18. The van der Waals surface area contributed by atoms with E-state index in [1.807, 2.05) is 0 Å². The van der Waals surface area contributed by atoms with Crippen molar-refractivity contribution in [2.75, 3.05) is 7.11 Å². The number of nitro benzene ring substituents is 1. The lowest BCUT2D eigenvalue weighted by atomic mass is 9.94. The Hall–Kier alpha value is -3.49. The molecular weight excluding hydrogens is 371 g/mol. The van der Waals surface area contributed by atoms with Gasteiger partial charge in [0.05, 0.1) is 23.7 Å². The number of Topliss-reactive ketones (excluding diaryl/α,β-unsaturated/α-hetero) is 1. The minimum atomic E-state index is -0.900. The molecule has 0 saturated heterocycles. The summed E-state index contributed by atoms with van der Waals surface area (Å²) in [6.07, 6.45) is 0.328. The van der Waals surface area contributed by atoms with Crippen molar-refractivity contribution in [3.05, 3.63) is 68.5 Å². The summed E-state index contributed by atoms with van der Waals surface area (Å²) in [6, 6.07) is 3.04. The van der Waals surface area contributed by atoms with Crippen LogP contribution in [-0.2, 0) is 11.8 Å². The van der Waals surface area contributed by atoms with Gasteiger partial charge in [-0.2, -0.15) is 0 Å². The molecule has 0 amide bonds. The molecule has 0 aliphatic heterocycles. The van der Waals surface area contributed by atoms with Gasteiger partial charge in [-0.1, -0.05) is 0 Å². The monoisotopic (exact) mass is 388 g/mol. The van der Waals surface area contributed by atoms with Crippen molar-refractivity contribution in [2.45, 2.75) is 20.0 Å². The number of hydrogen-bond acceptors (Lipinski definition) is 6. The SMILES string of the molecule is COC1=CC(=O)c2c(c(C(C)Oc3ccc([N+](=O)[O-])cc3F)c(C)n2C)C1=O. The first-order chi connectivity index (χ1) is 13.2. The van der Waals surface area contributed by atoms with Crippen LogP contribution in [0.1, 0.15) is 45.1 Å². The maximum atomic E-state index is 14.2. The van der Waals surface area contributed by atoms with Crippen LogP contribution < -0.4 is 4.74 Å². The smallest absolute Gasteiger partial charge is 0.272 e. The minimum absolute atomic E-state index is 0.0851. The summed E-state index contributed by atoms with van der Waals surface area (Å²) in [5.41, 5.74) is 0.988. The van der Waals surface area contributed by atoms with Crippen LogP contribution in [-0.4, -0.2) is 28.2 Å². The summed E-state index contributed by atoms with van der Waals surface area (Å²) in [5, 5.41) is 10.8. The highest BCUT2D eigenvalue weighted by molar-refractivity contribution is 6.24. The van der Waals surface area contributed by atoms with Gasteiger partial charge < -0.3 is 14.0 Å². The molecule has 0 radical (unpaired) electrons. The maximum absolute atomic E-state index is 14.2. The fourth-order valence-corrected chi connectivity index (χ4v) is 3.32. The quantitative estimate of drug-likeness (QED) is 0.575. The van der Waals surface area contributed by atoms with Crippen molar-refractivity contribution in [1.29, 1.82) is 0 Å². The molecule has 0 saturated carbocycles. The Labute approximate surface area is 159 Å². The summed E-state index contributed by atoms with van der Waals surface area (Å²) in [4.78, 5) is 35.2. The normalized spacial score (nSPS) is 14.4. The van der Waals surface area contributed by atoms with E-state index in [1.165, 1.54) is 7.11 Å². The van der Waals surface area contributed by atoms with Crippen LogP contribution in [0.2, 0.25) is 0 Å². The van der Waals surface area contributed by atoms with Gasteiger partial charge in [0.25, 0.3) is 5.69 Å². The van der Waals surface area contributed by atoms with Gasteiger partial charge >= 0.3 is 0 Å². The first kappa shape index (κ1) is 19.3. The number of allylic oxidation sites excluding steroid dienone is 2. The van der Waals surface area contributed by atoms with Crippen molar-refractivity contribution in [3.63, 3.8) is 0 Å². The molecular formula is C19H17FN2O6. The summed E-state index contributed by atoms with van der Waals surface area (Å²) < 4.78 is 26.4. The number of rotatable bonds is 5. The predicted octanol–water partition coefficient (Wildman–Crippen LogP) is 3.43. The molecule has 0 bridgehead atoms. The van der Waals surface area contributed by atoms with E-state index in [4.69, 9.17) is 9.47 Å². The van der Waals surface area contributed by atoms with Gasteiger partial charge in [0.2, 0.25) is 11.6 Å². The van der Waals surface area contributed by atoms with Crippen LogP contribution in [0.5, 0.6) is 5.75 Å². The van der Waals surface area contributed by atoms with Crippen molar-refractivity contribution >= 4 is 17.3 Å². The molecule has 0 spiro atoms. The first-order valence-electron chi connectivity index (χ1n) is 8.31. The van der Waals surface area contributed by atoms with E-state index >= 15 is 0 Å². The van der Waals surface area contributed by atoms with Crippen LogP contribution in [0.25, 0.3) is 0 Å². The Morgan fingerprint density at radius 2 is 1.96 bits per heavy atom. The number of non-ortho nitro benzene ring substituents is 1. The number of nitro groups is 1. The van der Waals surface area contributed by atoms with E-state index in [2.05, 4.69) is 0 Å². The highest BCUT2D eigenvalue weighted by atomic mass is 19.1. The minimum Gasteiger partial charge on any atom is -0.492 e. The molecule has 1 atom stereocenters. The number of ketones is 2. The molecule has 1 aromatic carbocycles. The number of aromatic nitrogens is 1. The van der Waals surface area contributed by atoms with Crippen molar-refractivity contribution in [3.8, 4) is 5.75 Å². The van der Waals surface area contributed by atoms with Crippen LogP contribution in [0.15, 0.2) is 30.0 Å². The lowest BCUT2D eigenvalue weighted by molar-refractivity contribution is -0.385. The Bertz CT molecular complexity index is 1050. The third-order valence-electron chi connectivity index (χ3n) is 4.74. The van der Waals surface area contributed by atoms with Crippen molar-refractivity contribution in [2.24, 2.45) is 7.05 Å². The number of hydrogen-bond donors (Lipinski definition) is 0. The predicted molar refractivity (Wildman–Crippen MR) is 96.0 cm³/mol. The molecule has 1 aromatic heterocycles. The first-order valence-corrected chi connectivity index (χ1v) is 8.31. The number of fused-ring (bicyclic) bond motifs is 1. The fourth-order valence-electron chi connectivity index (χ4n) is 3.32. The number of methoxy groups -OCH3 is 1. The van der Waals surface area contributed by atoms with E-state index in [0.717, 1.165) is 24.3 Å². The van der Waals surface area contributed by atoms with Gasteiger partial charge in [-0.3, -0.25) is 19.7 Å². The Kier molecular flexibility index (Phi) is 4.76. The van der Waals surface area contributed by atoms with Gasteiger partial charge in [-0.15, -0.1) is 0 Å². The third kappa shape index (κ3) is 2.94. The number of benzene rings is 1. The molecule has 8 nitrogen and oxygen atoms in total. The van der Waals surface area contributed by atoms with Crippen LogP contribution in [0.3, 0.4) is 0 Å². The number of carbonyl (C=O) groups excluding carboxylic acids is 2. The van der Waals surface area contributed by atoms with Gasteiger partial charge in [-0.25, -0.2) is 4.39 Å². The molecule has 3 rings (SSSR count). The average Bonchev–Trinajstić information content (AvgIpc) is 2.91. The summed E-state index contributed by atoms with van der Waals surface area (Å²) in [7, 11) is 2.94. The highest BCUT2D eigenvalue weighted by Gasteiger charge is 2.36. The van der Waals surface area contributed by atoms with E-state index in [9.17, 15) is 24.1 Å². The van der Waals surface area contributed by atoms with Gasteiger partial charge in [0.1, 0.15) is 11.8 Å². The molecule has 0 N–H and O–H groups in total. The van der Waals surface area contributed by atoms with Crippen LogP contribution >= 0.6 is 0 Å². The zero-order chi connectivity index (χ0) is 20.7. The molecule has 1 aliphatic rings. The molecule has 1 unspecified atom stereocenters. The molecule has 28 heavy (non-hydrogen) atoms. The summed E-state index contributed by atoms with van der Waals surface area (Å²) in [6.45, 7) is 3.32. The molecule has 146 valence electrons. The molecule has 1 aliphatic carbocycles. The largest absolute Gasteiger partial charge is 0.492 e. The van der Waals surface area contributed by atoms with Crippen molar-refractivity contribution < 1.29 is 28.4 Å². The average molecular weight is 388 g/mol. The van der Waals surface area contributed by atoms with E-state index in [1.54, 1.807) is 25.5 Å². The Morgan fingerprint density at radius 3 is 2.54 bits per heavy atom. The summed E-state index contributed by atoms with van der Waals surface area (Å²) in [5.74, 6) is -2.03. The lowest BCUT2D eigenvalue weighted by Crippen LogP contribution is -2.21. The standard InChI is InChI=1S/C19H17FN2O6/c1-9-16(10(2)28-14-6-5-11(22(25)26)7-12(14)20)17-18(21(9)3)13(23)8-15(27-4)19(17)24/h5-8,10H,1-4H3. The topological polar surface area (TPSA) is 101 Å². The zero-order valence-electron chi connectivity index (χ0n) is 15.6. The third-order valence-corrected chi connectivity index (χ3v) is 4.74. The second-order valence-electron chi connectivity index (χ2n) is 6.32. The highest BCUT2D eigenvalue weighted by Crippen LogP contribution is 2.36. The second kappa shape index (κ2) is 6.91. The van der Waals surface area contributed by atoms with E-state index in [-0.39, 0.29) is 28.5 Å². The molecule has 1 heterocycles. The Morgan fingerprint density at radius 1 is 1.29 bits per heavy atom. The number of ether oxygens (including phenoxy) is 2. The van der Waals surface area contributed by atoms with Gasteiger partial charge in [0, 0.05) is 30.4 Å². The molecule has 2 aromatic rings. The molecule has 0 fully saturated rings. The van der Waals surface area contributed by atoms with E-state index in [0.29, 0.717) is 11.3 Å². The van der Waals surface area contributed by atoms with Gasteiger partial charge in [-0.05, 0) is 19.9 Å². The van der Waals surface area contributed by atoms with Crippen molar-refractivity contribution in [1.82, 2.24) is 4.57 Å².